The molecule has 1 aromatic rings. The number of ether oxygens (including phenoxy) is 1. The fourth-order valence-electron chi connectivity index (χ4n) is 1.26. The number of hydrogen-bond donors (Lipinski definition) is 2. The van der Waals surface area contributed by atoms with Gasteiger partial charge in [-0.15, -0.1) is 0 Å². The largest absolute Gasteiger partial charge is 0.493 e. The van der Waals surface area contributed by atoms with E-state index in [1.807, 2.05) is 0 Å². The quantitative estimate of drug-likeness (QED) is 0.265. The summed E-state index contributed by atoms with van der Waals surface area (Å²) in [5.41, 5.74) is 6.05. The molecule has 88 valence electrons. The van der Waals surface area contributed by atoms with Gasteiger partial charge in [0.2, 0.25) is 0 Å². The van der Waals surface area contributed by atoms with Crippen LogP contribution in [-0.2, 0) is 0 Å². The molecular weight excluding hydrogens is 211 g/mol. The van der Waals surface area contributed by atoms with Crippen molar-refractivity contribution < 1.29 is 14.3 Å². The molecule has 0 fully saturated rings. The van der Waals surface area contributed by atoms with Gasteiger partial charge in [0.25, 0.3) is 0 Å². The Labute approximate surface area is 93.5 Å². The van der Waals surface area contributed by atoms with Gasteiger partial charge in [-0.25, -0.2) is 4.39 Å². The molecule has 0 aliphatic carbocycles. The molecule has 3 N–H and O–H groups in total. The molecule has 0 spiro atoms. The van der Waals surface area contributed by atoms with Crippen molar-refractivity contribution in [3.8, 4) is 5.75 Å². The zero-order valence-corrected chi connectivity index (χ0v) is 9.11. The molecule has 0 amide bonds. The lowest BCUT2D eigenvalue weighted by Crippen LogP contribution is -2.12. The van der Waals surface area contributed by atoms with Crippen molar-refractivity contribution in [3.63, 3.8) is 0 Å². The number of nitrogens with zero attached hydrogens (tertiary/aromatic N) is 1. The number of oxime groups is 1. The summed E-state index contributed by atoms with van der Waals surface area (Å²) in [6.07, 6.45) is 1.11. The molecule has 4 nitrogen and oxygen atoms in total. The number of amidine groups is 1. The van der Waals surface area contributed by atoms with Crippen LogP contribution in [-0.4, -0.2) is 17.6 Å². The zero-order valence-electron chi connectivity index (χ0n) is 9.11. The second-order valence-electron chi connectivity index (χ2n) is 3.45. The van der Waals surface area contributed by atoms with E-state index in [0.717, 1.165) is 5.56 Å². The molecule has 0 saturated heterocycles. The van der Waals surface area contributed by atoms with E-state index in [9.17, 15) is 4.39 Å². The summed E-state index contributed by atoms with van der Waals surface area (Å²) in [6, 6.07) is 4.36. The van der Waals surface area contributed by atoms with Gasteiger partial charge < -0.3 is 15.7 Å². The van der Waals surface area contributed by atoms with Gasteiger partial charge in [-0.2, -0.15) is 0 Å². The molecule has 0 saturated carbocycles. The van der Waals surface area contributed by atoms with Gasteiger partial charge in [0.15, 0.2) is 0 Å². The third kappa shape index (κ3) is 3.76. The van der Waals surface area contributed by atoms with Crippen LogP contribution in [0.2, 0.25) is 0 Å². The highest BCUT2D eigenvalue weighted by atomic mass is 19.1. The van der Waals surface area contributed by atoms with Crippen LogP contribution in [0, 0.1) is 12.7 Å². The van der Waals surface area contributed by atoms with Crippen molar-refractivity contribution in [2.24, 2.45) is 10.9 Å². The van der Waals surface area contributed by atoms with Gasteiger partial charge >= 0.3 is 0 Å². The number of rotatable bonds is 5. The maximum absolute atomic E-state index is 12.8. The molecular formula is C11H15FN2O2. The maximum Gasteiger partial charge on any atom is 0.139 e. The zero-order chi connectivity index (χ0) is 12.0. The number of benzene rings is 1. The Balaban J connectivity index is 2.37. The lowest BCUT2D eigenvalue weighted by Gasteiger charge is -2.08. The summed E-state index contributed by atoms with van der Waals surface area (Å²) in [7, 11) is 0. The van der Waals surface area contributed by atoms with Gasteiger partial charge in [0, 0.05) is 6.42 Å². The van der Waals surface area contributed by atoms with Crippen LogP contribution in [0.5, 0.6) is 5.75 Å². The van der Waals surface area contributed by atoms with Crippen LogP contribution in [0.15, 0.2) is 23.4 Å². The Kier molecular flexibility index (Phi) is 4.57. The molecule has 0 atom stereocenters. The van der Waals surface area contributed by atoms with E-state index in [0.29, 0.717) is 25.2 Å². The molecule has 0 aromatic heterocycles. The number of halogens is 1. The summed E-state index contributed by atoms with van der Waals surface area (Å²) in [5, 5.41) is 11.2. The predicted octanol–water partition coefficient (Wildman–Crippen LogP) is 2.04. The van der Waals surface area contributed by atoms with Crippen LogP contribution in [0.4, 0.5) is 4.39 Å². The van der Waals surface area contributed by atoms with Crippen molar-refractivity contribution in [3.05, 3.63) is 29.6 Å². The van der Waals surface area contributed by atoms with Gasteiger partial charge in [-0.1, -0.05) is 5.16 Å². The van der Waals surface area contributed by atoms with Crippen molar-refractivity contribution >= 4 is 5.84 Å². The van der Waals surface area contributed by atoms with Gasteiger partial charge in [-0.3, -0.25) is 0 Å². The maximum atomic E-state index is 12.8. The lowest BCUT2D eigenvalue weighted by molar-refractivity contribution is 0.304. The summed E-state index contributed by atoms with van der Waals surface area (Å²) in [6.45, 7) is 2.23. The van der Waals surface area contributed by atoms with E-state index in [2.05, 4.69) is 5.16 Å². The Hall–Kier alpha value is -1.78. The first-order valence-corrected chi connectivity index (χ1v) is 4.99. The molecule has 0 radical (unpaired) electrons. The first kappa shape index (κ1) is 12.3. The molecule has 5 heteroatoms. The molecule has 1 rings (SSSR count). The standard InChI is InChI=1S/C11H15FN2O2/c1-8-7-9(12)4-5-10(8)16-6-2-3-11(13)14-15/h4-5,7,15H,2-3,6H2,1H3,(H2,13,14). The van der Waals surface area contributed by atoms with E-state index >= 15 is 0 Å². The number of hydrogen-bond acceptors (Lipinski definition) is 3. The van der Waals surface area contributed by atoms with E-state index in [4.69, 9.17) is 15.7 Å². The minimum Gasteiger partial charge on any atom is -0.493 e. The number of aryl methyl sites for hydroxylation is 1. The molecule has 1 aromatic carbocycles. The second kappa shape index (κ2) is 5.95. The average molecular weight is 226 g/mol. The van der Waals surface area contributed by atoms with E-state index in [1.54, 1.807) is 13.0 Å². The van der Waals surface area contributed by atoms with Crippen molar-refractivity contribution in [1.82, 2.24) is 0 Å². The third-order valence-corrected chi connectivity index (χ3v) is 2.10. The fraction of sp³-hybridized carbons (Fsp3) is 0.364. The normalized spacial score (nSPS) is 11.5. The predicted molar refractivity (Wildman–Crippen MR) is 59.3 cm³/mol. The van der Waals surface area contributed by atoms with Crippen molar-refractivity contribution in [2.45, 2.75) is 19.8 Å². The Bertz CT molecular complexity index is 380. The van der Waals surface area contributed by atoms with Crippen LogP contribution in [0.1, 0.15) is 18.4 Å². The highest BCUT2D eigenvalue weighted by molar-refractivity contribution is 5.79. The monoisotopic (exact) mass is 226 g/mol. The second-order valence-corrected chi connectivity index (χ2v) is 3.45. The Morgan fingerprint density at radius 1 is 1.56 bits per heavy atom. The Morgan fingerprint density at radius 3 is 2.94 bits per heavy atom. The van der Waals surface area contributed by atoms with Crippen LogP contribution < -0.4 is 10.5 Å². The first-order valence-electron chi connectivity index (χ1n) is 4.99. The third-order valence-electron chi connectivity index (χ3n) is 2.10. The number of nitrogens with two attached hydrogens (primary N) is 1. The highest BCUT2D eigenvalue weighted by Gasteiger charge is 2.01. The summed E-state index contributed by atoms with van der Waals surface area (Å²) in [4.78, 5) is 0. The molecule has 0 aliphatic rings. The van der Waals surface area contributed by atoms with Crippen LogP contribution in [0.25, 0.3) is 0 Å². The lowest BCUT2D eigenvalue weighted by atomic mass is 10.2. The Morgan fingerprint density at radius 2 is 2.31 bits per heavy atom. The first-order chi connectivity index (χ1) is 7.63. The minimum atomic E-state index is -0.276. The minimum absolute atomic E-state index is 0.180. The molecule has 16 heavy (non-hydrogen) atoms. The molecule has 0 aliphatic heterocycles. The molecule has 0 heterocycles. The van der Waals surface area contributed by atoms with E-state index in [-0.39, 0.29) is 11.7 Å². The summed E-state index contributed by atoms with van der Waals surface area (Å²) < 4.78 is 18.2. The van der Waals surface area contributed by atoms with Crippen molar-refractivity contribution in [2.75, 3.05) is 6.61 Å². The van der Waals surface area contributed by atoms with Crippen LogP contribution in [0.3, 0.4) is 0 Å². The summed E-state index contributed by atoms with van der Waals surface area (Å²) >= 11 is 0. The fourth-order valence-corrected chi connectivity index (χ4v) is 1.26. The topological polar surface area (TPSA) is 67.8 Å². The summed E-state index contributed by atoms with van der Waals surface area (Å²) in [5.74, 6) is 0.557. The highest BCUT2D eigenvalue weighted by Crippen LogP contribution is 2.18. The van der Waals surface area contributed by atoms with Gasteiger partial charge in [0.1, 0.15) is 17.4 Å². The average Bonchev–Trinajstić information content (AvgIpc) is 2.26. The SMILES string of the molecule is Cc1cc(F)ccc1OCCC/C(N)=N/O. The van der Waals surface area contributed by atoms with Gasteiger partial charge in [-0.05, 0) is 37.1 Å². The molecule has 0 unspecified atom stereocenters. The van der Waals surface area contributed by atoms with Gasteiger partial charge in [0.05, 0.1) is 6.61 Å². The van der Waals surface area contributed by atoms with Crippen LogP contribution >= 0.6 is 0 Å². The van der Waals surface area contributed by atoms with Crippen molar-refractivity contribution in [1.29, 1.82) is 0 Å². The smallest absolute Gasteiger partial charge is 0.139 e. The van der Waals surface area contributed by atoms with E-state index in [1.165, 1.54) is 12.1 Å². The molecule has 0 bridgehead atoms. The van der Waals surface area contributed by atoms with E-state index < -0.39 is 0 Å².